The minimum Gasteiger partial charge on any atom is -0.438 e. The molecule has 1 unspecified atom stereocenters. The standard InChI is InChI=1S/C11H13NO3/c1-2-10(12-8-13)15-11(14)9-6-4-3-5-7-9/h3-8,10H,2H2,1H3,(H,12,13). The predicted octanol–water partition coefficient (Wildman–Crippen LogP) is 1.33. The Labute approximate surface area is 88.2 Å². The summed E-state index contributed by atoms with van der Waals surface area (Å²) in [6, 6.07) is 8.65. The van der Waals surface area contributed by atoms with E-state index in [0.29, 0.717) is 18.4 Å². The van der Waals surface area contributed by atoms with Gasteiger partial charge in [-0.05, 0) is 12.1 Å². The van der Waals surface area contributed by atoms with Crippen LogP contribution in [0.25, 0.3) is 0 Å². The number of hydrogen-bond donors (Lipinski definition) is 1. The van der Waals surface area contributed by atoms with Gasteiger partial charge in [0, 0.05) is 6.42 Å². The minimum absolute atomic E-state index is 0.434. The van der Waals surface area contributed by atoms with Gasteiger partial charge in [-0.3, -0.25) is 4.79 Å². The van der Waals surface area contributed by atoms with Crippen molar-refractivity contribution in [3.63, 3.8) is 0 Å². The molecule has 0 aliphatic rings. The van der Waals surface area contributed by atoms with Crippen LogP contribution in [-0.4, -0.2) is 18.6 Å². The van der Waals surface area contributed by atoms with Crippen LogP contribution in [0.3, 0.4) is 0 Å². The molecule has 1 N–H and O–H groups in total. The predicted molar refractivity (Wildman–Crippen MR) is 55.1 cm³/mol. The van der Waals surface area contributed by atoms with E-state index in [1.165, 1.54) is 0 Å². The van der Waals surface area contributed by atoms with Crippen molar-refractivity contribution in [2.75, 3.05) is 0 Å². The Morgan fingerprint density at radius 3 is 2.67 bits per heavy atom. The average Bonchev–Trinajstić information content (AvgIpc) is 2.29. The van der Waals surface area contributed by atoms with E-state index in [2.05, 4.69) is 5.32 Å². The fraction of sp³-hybridized carbons (Fsp3) is 0.273. The number of hydrogen-bond acceptors (Lipinski definition) is 3. The second-order valence-corrected chi connectivity index (χ2v) is 2.95. The van der Waals surface area contributed by atoms with Gasteiger partial charge in [-0.1, -0.05) is 25.1 Å². The molecule has 80 valence electrons. The Balaban J connectivity index is 2.58. The lowest BCUT2D eigenvalue weighted by Crippen LogP contribution is -2.32. The smallest absolute Gasteiger partial charge is 0.340 e. The van der Waals surface area contributed by atoms with Crippen LogP contribution in [0.4, 0.5) is 0 Å². The first-order valence-electron chi connectivity index (χ1n) is 4.73. The fourth-order valence-electron chi connectivity index (χ4n) is 1.08. The molecule has 0 saturated carbocycles. The molecule has 1 aromatic rings. The molecule has 0 aliphatic heterocycles. The zero-order valence-corrected chi connectivity index (χ0v) is 8.47. The highest BCUT2D eigenvalue weighted by Gasteiger charge is 2.12. The van der Waals surface area contributed by atoms with Crippen LogP contribution in [0.1, 0.15) is 23.7 Å². The first-order valence-corrected chi connectivity index (χ1v) is 4.73. The minimum atomic E-state index is -0.560. The summed E-state index contributed by atoms with van der Waals surface area (Å²) >= 11 is 0. The second kappa shape index (κ2) is 5.80. The summed E-state index contributed by atoms with van der Waals surface area (Å²) in [5, 5.41) is 2.41. The van der Waals surface area contributed by atoms with Crippen molar-refractivity contribution in [1.29, 1.82) is 0 Å². The van der Waals surface area contributed by atoms with Gasteiger partial charge in [-0.25, -0.2) is 4.79 Å². The van der Waals surface area contributed by atoms with Gasteiger partial charge >= 0.3 is 5.97 Å². The highest BCUT2D eigenvalue weighted by molar-refractivity contribution is 5.89. The molecular weight excluding hydrogens is 194 g/mol. The van der Waals surface area contributed by atoms with Crippen molar-refractivity contribution >= 4 is 12.4 Å². The number of ether oxygens (including phenoxy) is 1. The largest absolute Gasteiger partial charge is 0.438 e. The summed E-state index contributed by atoms with van der Waals surface area (Å²) in [6.45, 7) is 1.82. The molecular formula is C11H13NO3. The molecule has 1 atom stereocenters. The second-order valence-electron chi connectivity index (χ2n) is 2.95. The number of carbonyl (C=O) groups excluding carboxylic acids is 2. The van der Waals surface area contributed by atoms with Gasteiger partial charge in [0.15, 0.2) is 6.23 Å². The molecule has 1 amide bonds. The van der Waals surface area contributed by atoms with E-state index in [4.69, 9.17) is 4.74 Å². The molecule has 0 fully saturated rings. The number of rotatable bonds is 5. The average molecular weight is 207 g/mol. The molecule has 0 bridgehead atoms. The number of benzene rings is 1. The maximum atomic E-state index is 11.5. The molecule has 15 heavy (non-hydrogen) atoms. The lowest BCUT2D eigenvalue weighted by molar-refractivity contribution is -0.112. The van der Waals surface area contributed by atoms with E-state index in [1.807, 2.05) is 13.0 Å². The van der Waals surface area contributed by atoms with Crippen LogP contribution in [0.15, 0.2) is 30.3 Å². The summed E-state index contributed by atoms with van der Waals surface area (Å²) in [6.07, 6.45) is 0.499. The monoisotopic (exact) mass is 207 g/mol. The Morgan fingerprint density at radius 1 is 1.47 bits per heavy atom. The quantitative estimate of drug-likeness (QED) is 0.450. The van der Waals surface area contributed by atoms with Crippen LogP contribution >= 0.6 is 0 Å². The van der Waals surface area contributed by atoms with Crippen molar-refractivity contribution in [2.24, 2.45) is 0 Å². The van der Waals surface area contributed by atoms with Crippen molar-refractivity contribution in [1.82, 2.24) is 5.32 Å². The maximum Gasteiger partial charge on any atom is 0.340 e. The molecule has 4 heteroatoms. The van der Waals surface area contributed by atoms with Crippen molar-refractivity contribution in [3.05, 3.63) is 35.9 Å². The lowest BCUT2D eigenvalue weighted by Gasteiger charge is -2.14. The third-order valence-electron chi connectivity index (χ3n) is 1.88. The summed E-state index contributed by atoms with van der Waals surface area (Å²) in [4.78, 5) is 21.7. The van der Waals surface area contributed by atoms with Crippen LogP contribution in [0.5, 0.6) is 0 Å². The zero-order valence-electron chi connectivity index (χ0n) is 8.47. The van der Waals surface area contributed by atoms with E-state index in [-0.39, 0.29) is 0 Å². The molecule has 1 aromatic carbocycles. The summed E-state index contributed by atoms with van der Waals surface area (Å²) in [7, 11) is 0. The van der Waals surface area contributed by atoms with Gasteiger partial charge in [0.05, 0.1) is 5.56 Å². The molecule has 0 heterocycles. The highest BCUT2D eigenvalue weighted by Crippen LogP contribution is 2.04. The maximum absolute atomic E-state index is 11.5. The van der Waals surface area contributed by atoms with E-state index >= 15 is 0 Å². The SMILES string of the molecule is CCC(NC=O)OC(=O)c1ccccc1. The van der Waals surface area contributed by atoms with Crippen LogP contribution in [0.2, 0.25) is 0 Å². The molecule has 4 nitrogen and oxygen atoms in total. The Hall–Kier alpha value is -1.84. The van der Waals surface area contributed by atoms with Gasteiger partial charge < -0.3 is 10.1 Å². The van der Waals surface area contributed by atoms with Gasteiger partial charge in [-0.2, -0.15) is 0 Å². The third kappa shape index (κ3) is 3.42. The van der Waals surface area contributed by atoms with E-state index in [1.54, 1.807) is 24.3 Å². The molecule has 0 spiro atoms. The molecule has 1 rings (SSSR count). The summed E-state index contributed by atoms with van der Waals surface area (Å²) in [5.41, 5.74) is 0.476. The van der Waals surface area contributed by atoms with E-state index in [0.717, 1.165) is 0 Å². The molecule has 0 aromatic heterocycles. The van der Waals surface area contributed by atoms with Crippen LogP contribution < -0.4 is 5.32 Å². The van der Waals surface area contributed by atoms with Crippen molar-refractivity contribution < 1.29 is 14.3 Å². The first kappa shape index (κ1) is 11.2. The van der Waals surface area contributed by atoms with E-state index < -0.39 is 12.2 Å². The van der Waals surface area contributed by atoms with Crippen LogP contribution in [-0.2, 0) is 9.53 Å². The van der Waals surface area contributed by atoms with E-state index in [9.17, 15) is 9.59 Å². The van der Waals surface area contributed by atoms with Gasteiger partial charge in [0.2, 0.25) is 6.41 Å². The summed E-state index contributed by atoms with van der Waals surface area (Å²) in [5.74, 6) is -0.434. The van der Waals surface area contributed by atoms with Crippen molar-refractivity contribution in [2.45, 2.75) is 19.6 Å². The molecule has 0 radical (unpaired) electrons. The number of nitrogens with one attached hydrogen (secondary N) is 1. The fourth-order valence-corrected chi connectivity index (χ4v) is 1.08. The first-order chi connectivity index (χ1) is 7.27. The third-order valence-corrected chi connectivity index (χ3v) is 1.88. The Kier molecular flexibility index (Phi) is 4.34. The van der Waals surface area contributed by atoms with Crippen LogP contribution in [0, 0.1) is 0 Å². The number of amides is 1. The molecule has 0 aliphatic carbocycles. The molecule has 0 saturated heterocycles. The highest BCUT2D eigenvalue weighted by atomic mass is 16.6. The number of carbonyl (C=O) groups is 2. The Bertz CT molecular complexity index is 324. The van der Waals surface area contributed by atoms with Gasteiger partial charge in [0.25, 0.3) is 0 Å². The van der Waals surface area contributed by atoms with Gasteiger partial charge in [-0.15, -0.1) is 0 Å². The topological polar surface area (TPSA) is 55.4 Å². The summed E-state index contributed by atoms with van der Waals surface area (Å²) < 4.78 is 5.04. The lowest BCUT2D eigenvalue weighted by atomic mass is 10.2. The Morgan fingerprint density at radius 2 is 2.13 bits per heavy atom. The zero-order chi connectivity index (χ0) is 11.1. The number of esters is 1. The normalized spacial score (nSPS) is 11.5. The van der Waals surface area contributed by atoms with Gasteiger partial charge in [0.1, 0.15) is 0 Å². The van der Waals surface area contributed by atoms with Crippen molar-refractivity contribution in [3.8, 4) is 0 Å².